The molecule has 0 radical (unpaired) electrons. The predicted octanol–water partition coefficient (Wildman–Crippen LogP) is 2.99. The standard InChI is InChI=1S/C15H23FN2.ClH/c1-12-3-4-14(9-15(12)16)11-18-7-5-13(6-8-18)10-17-2;/h3-4,9,13,17H,5-8,10-11H2,1-2H3;1H. The van der Waals surface area contributed by atoms with Crippen molar-refractivity contribution in [1.82, 2.24) is 10.2 Å². The van der Waals surface area contributed by atoms with Crippen molar-refractivity contribution < 1.29 is 4.39 Å². The highest BCUT2D eigenvalue weighted by atomic mass is 35.5. The fourth-order valence-electron chi connectivity index (χ4n) is 2.63. The summed E-state index contributed by atoms with van der Waals surface area (Å²) >= 11 is 0. The molecular formula is C15H24ClFN2. The van der Waals surface area contributed by atoms with Gasteiger partial charge in [0.25, 0.3) is 0 Å². The minimum Gasteiger partial charge on any atom is -0.319 e. The second-order valence-electron chi connectivity index (χ2n) is 5.36. The molecule has 108 valence electrons. The van der Waals surface area contributed by atoms with Gasteiger partial charge >= 0.3 is 0 Å². The molecule has 0 spiro atoms. The van der Waals surface area contributed by atoms with Crippen molar-refractivity contribution in [2.75, 3.05) is 26.7 Å². The summed E-state index contributed by atoms with van der Waals surface area (Å²) in [5.41, 5.74) is 1.82. The first kappa shape index (κ1) is 16.4. The number of nitrogens with zero attached hydrogens (tertiary/aromatic N) is 1. The second-order valence-corrected chi connectivity index (χ2v) is 5.36. The molecule has 2 rings (SSSR count). The van der Waals surface area contributed by atoms with Crippen molar-refractivity contribution in [2.24, 2.45) is 5.92 Å². The number of hydrogen-bond acceptors (Lipinski definition) is 2. The lowest BCUT2D eigenvalue weighted by Gasteiger charge is -2.31. The molecule has 1 aromatic rings. The van der Waals surface area contributed by atoms with Gasteiger partial charge in [0, 0.05) is 6.54 Å². The van der Waals surface area contributed by atoms with Gasteiger partial charge in [0.2, 0.25) is 0 Å². The molecule has 1 aliphatic heterocycles. The summed E-state index contributed by atoms with van der Waals surface area (Å²) < 4.78 is 13.5. The zero-order chi connectivity index (χ0) is 13.0. The van der Waals surface area contributed by atoms with E-state index in [9.17, 15) is 4.39 Å². The maximum Gasteiger partial charge on any atom is 0.126 e. The second kappa shape index (κ2) is 7.83. The number of aryl methyl sites for hydroxylation is 1. The highest BCUT2D eigenvalue weighted by Gasteiger charge is 2.18. The Balaban J connectivity index is 0.00000180. The van der Waals surface area contributed by atoms with Crippen LogP contribution in [0.1, 0.15) is 24.0 Å². The van der Waals surface area contributed by atoms with E-state index in [0.717, 1.165) is 43.2 Å². The van der Waals surface area contributed by atoms with Crippen molar-refractivity contribution in [1.29, 1.82) is 0 Å². The van der Waals surface area contributed by atoms with Crippen LogP contribution in [0.3, 0.4) is 0 Å². The number of nitrogens with one attached hydrogen (secondary N) is 1. The minimum atomic E-state index is -0.0856. The maximum absolute atomic E-state index is 13.5. The zero-order valence-corrected chi connectivity index (χ0v) is 12.6. The monoisotopic (exact) mass is 286 g/mol. The third kappa shape index (κ3) is 4.75. The van der Waals surface area contributed by atoms with Crippen LogP contribution in [0.25, 0.3) is 0 Å². The Kier molecular flexibility index (Phi) is 6.76. The van der Waals surface area contributed by atoms with Crippen LogP contribution in [-0.4, -0.2) is 31.6 Å². The lowest BCUT2D eigenvalue weighted by Crippen LogP contribution is -2.36. The summed E-state index contributed by atoms with van der Waals surface area (Å²) in [7, 11) is 2.02. The molecule has 1 saturated heterocycles. The van der Waals surface area contributed by atoms with E-state index < -0.39 is 0 Å². The Bertz CT molecular complexity index is 390. The average molecular weight is 287 g/mol. The molecule has 1 N–H and O–H groups in total. The fourth-order valence-corrected chi connectivity index (χ4v) is 2.63. The molecule has 1 fully saturated rings. The van der Waals surface area contributed by atoms with Crippen molar-refractivity contribution in [3.05, 3.63) is 35.1 Å². The molecule has 0 aliphatic carbocycles. The molecule has 0 amide bonds. The van der Waals surface area contributed by atoms with Crippen molar-refractivity contribution in [3.63, 3.8) is 0 Å². The molecule has 0 bridgehead atoms. The van der Waals surface area contributed by atoms with Crippen molar-refractivity contribution in [3.8, 4) is 0 Å². The predicted molar refractivity (Wildman–Crippen MR) is 80.3 cm³/mol. The Morgan fingerprint density at radius 1 is 1.32 bits per heavy atom. The molecule has 1 heterocycles. The van der Waals surface area contributed by atoms with Gasteiger partial charge in [0.15, 0.2) is 0 Å². The summed E-state index contributed by atoms with van der Waals surface area (Å²) in [5, 5.41) is 3.25. The summed E-state index contributed by atoms with van der Waals surface area (Å²) in [5.74, 6) is 0.721. The van der Waals surface area contributed by atoms with Crippen LogP contribution in [0.15, 0.2) is 18.2 Å². The molecule has 0 atom stereocenters. The Morgan fingerprint density at radius 2 is 2.00 bits per heavy atom. The van der Waals surface area contributed by atoms with Gasteiger partial charge in [0.1, 0.15) is 5.82 Å². The fraction of sp³-hybridized carbons (Fsp3) is 0.600. The van der Waals surface area contributed by atoms with Crippen LogP contribution >= 0.6 is 12.4 Å². The quantitative estimate of drug-likeness (QED) is 0.915. The Morgan fingerprint density at radius 3 is 2.58 bits per heavy atom. The highest BCUT2D eigenvalue weighted by molar-refractivity contribution is 5.85. The molecule has 0 unspecified atom stereocenters. The van der Waals surface area contributed by atoms with E-state index >= 15 is 0 Å². The summed E-state index contributed by atoms with van der Waals surface area (Å²) in [6.45, 7) is 6.06. The maximum atomic E-state index is 13.5. The zero-order valence-electron chi connectivity index (χ0n) is 11.8. The van der Waals surface area contributed by atoms with E-state index in [1.807, 2.05) is 26.1 Å². The van der Waals surface area contributed by atoms with E-state index in [1.54, 1.807) is 6.07 Å². The number of benzene rings is 1. The summed E-state index contributed by atoms with van der Waals surface area (Å²) in [6.07, 6.45) is 2.49. The average Bonchev–Trinajstić information content (AvgIpc) is 2.37. The van der Waals surface area contributed by atoms with Crippen LogP contribution in [-0.2, 0) is 6.54 Å². The van der Waals surface area contributed by atoms with Crippen LogP contribution in [0.2, 0.25) is 0 Å². The topological polar surface area (TPSA) is 15.3 Å². The smallest absolute Gasteiger partial charge is 0.126 e. The first-order valence-corrected chi connectivity index (χ1v) is 6.81. The minimum absolute atomic E-state index is 0. The van der Waals surface area contributed by atoms with Gasteiger partial charge in [0.05, 0.1) is 0 Å². The molecule has 0 saturated carbocycles. The molecule has 1 aromatic carbocycles. The van der Waals surface area contributed by atoms with Gasteiger partial charge < -0.3 is 5.32 Å². The molecule has 4 heteroatoms. The normalized spacial score (nSPS) is 17.2. The van der Waals surface area contributed by atoms with Gasteiger partial charge in [-0.2, -0.15) is 0 Å². The van der Waals surface area contributed by atoms with E-state index in [2.05, 4.69) is 10.2 Å². The Labute approximate surface area is 121 Å². The number of rotatable bonds is 4. The largest absolute Gasteiger partial charge is 0.319 e. The van der Waals surface area contributed by atoms with Crippen LogP contribution < -0.4 is 5.32 Å². The Hall–Kier alpha value is -0.640. The van der Waals surface area contributed by atoms with E-state index in [4.69, 9.17) is 0 Å². The first-order valence-electron chi connectivity index (χ1n) is 6.81. The van der Waals surface area contributed by atoms with Crippen molar-refractivity contribution in [2.45, 2.75) is 26.3 Å². The van der Waals surface area contributed by atoms with Gasteiger partial charge in [-0.05, 0) is 69.6 Å². The SMILES string of the molecule is CNCC1CCN(Cc2ccc(C)c(F)c2)CC1.Cl. The third-order valence-corrected chi connectivity index (χ3v) is 3.84. The van der Waals surface area contributed by atoms with E-state index in [1.165, 1.54) is 12.8 Å². The number of likely N-dealkylation sites (tertiary alicyclic amines) is 1. The van der Waals surface area contributed by atoms with Crippen LogP contribution in [0.4, 0.5) is 4.39 Å². The van der Waals surface area contributed by atoms with Gasteiger partial charge in [-0.25, -0.2) is 4.39 Å². The van der Waals surface area contributed by atoms with E-state index in [0.29, 0.717) is 0 Å². The number of piperidine rings is 1. The molecular weight excluding hydrogens is 263 g/mol. The molecule has 1 aliphatic rings. The molecule has 19 heavy (non-hydrogen) atoms. The van der Waals surface area contributed by atoms with Gasteiger partial charge in [-0.1, -0.05) is 12.1 Å². The lowest BCUT2D eigenvalue weighted by molar-refractivity contribution is 0.176. The number of hydrogen-bond donors (Lipinski definition) is 1. The summed E-state index contributed by atoms with van der Waals surface area (Å²) in [6, 6.07) is 5.59. The van der Waals surface area contributed by atoms with Crippen molar-refractivity contribution >= 4 is 12.4 Å². The van der Waals surface area contributed by atoms with Crippen LogP contribution in [0, 0.1) is 18.7 Å². The van der Waals surface area contributed by atoms with Crippen LogP contribution in [0.5, 0.6) is 0 Å². The van der Waals surface area contributed by atoms with Gasteiger partial charge in [-0.15, -0.1) is 12.4 Å². The summed E-state index contributed by atoms with van der Waals surface area (Å²) in [4.78, 5) is 2.43. The van der Waals surface area contributed by atoms with Gasteiger partial charge in [-0.3, -0.25) is 4.90 Å². The first-order chi connectivity index (χ1) is 8.69. The highest BCUT2D eigenvalue weighted by Crippen LogP contribution is 2.19. The lowest BCUT2D eigenvalue weighted by atomic mass is 9.96. The number of halogens is 2. The molecule has 0 aromatic heterocycles. The molecule has 2 nitrogen and oxygen atoms in total. The third-order valence-electron chi connectivity index (χ3n) is 3.84. The van der Waals surface area contributed by atoms with E-state index in [-0.39, 0.29) is 18.2 Å².